The van der Waals surface area contributed by atoms with Gasteiger partial charge >= 0.3 is 6.18 Å². The van der Waals surface area contributed by atoms with Crippen molar-refractivity contribution in [3.05, 3.63) is 41.5 Å². The monoisotopic (exact) mass is 245 g/mol. The van der Waals surface area contributed by atoms with E-state index in [1.807, 2.05) is 0 Å². The SMILES string of the molecule is CN(O)C(=O)C=Cc1cccc(C(F)(F)F)c1. The van der Waals surface area contributed by atoms with Crippen LogP contribution in [0.2, 0.25) is 0 Å². The van der Waals surface area contributed by atoms with Crippen LogP contribution in [0.1, 0.15) is 11.1 Å². The van der Waals surface area contributed by atoms with E-state index in [2.05, 4.69) is 0 Å². The first kappa shape index (κ1) is 13.2. The van der Waals surface area contributed by atoms with Gasteiger partial charge in [-0.1, -0.05) is 12.1 Å². The maximum atomic E-state index is 12.4. The topological polar surface area (TPSA) is 40.5 Å². The summed E-state index contributed by atoms with van der Waals surface area (Å²) in [5, 5.41) is 9.07. The minimum absolute atomic E-state index is 0.232. The highest BCUT2D eigenvalue weighted by Gasteiger charge is 2.30. The lowest BCUT2D eigenvalue weighted by atomic mass is 10.1. The van der Waals surface area contributed by atoms with E-state index in [9.17, 15) is 18.0 Å². The Bertz CT molecular complexity index is 439. The summed E-state index contributed by atoms with van der Waals surface area (Å²) in [6.07, 6.45) is -2.23. The van der Waals surface area contributed by atoms with Gasteiger partial charge in [-0.3, -0.25) is 10.0 Å². The first-order valence-electron chi connectivity index (χ1n) is 4.62. The third kappa shape index (κ3) is 3.92. The number of benzene rings is 1. The molecule has 0 bridgehead atoms. The number of rotatable bonds is 2. The molecule has 92 valence electrons. The van der Waals surface area contributed by atoms with E-state index in [-0.39, 0.29) is 5.56 Å². The molecule has 0 radical (unpaired) electrons. The first-order valence-corrected chi connectivity index (χ1v) is 4.62. The van der Waals surface area contributed by atoms with E-state index >= 15 is 0 Å². The van der Waals surface area contributed by atoms with Crippen LogP contribution in [-0.4, -0.2) is 23.2 Å². The third-order valence-electron chi connectivity index (χ3n) is 1.95. The molecule has 17 heavy (non-hydrogen) atoms. The minimum Gasteiger partial charge on any atom is -0.286 e. The van der Waals surface area contributed by atoms with Crippen LogP contribution >= 0.6 is 0 Å². The second-order valence-corrected chi connectivity index (χ2v) is 3.32. The molecule has 0 aliphatic heterocycles. The highest BCUT2D eigenvalue weighted by molar-refractivity contribution is 5.90. The molecule has 0 aliphatic rings. The lowest BCUT2D eigenvalue weighted by Crippen LogP contribution is -2.19. The molecule has 0 heterocycles. The molecule has 1 amide bonds. The number of hydrogen-bond donors (Lipinski definition) is 1. The molecule has 3 nitrogen and oxygen atoms in total. The fourth-order valence-corrected chi connectivity index (χ4v) is 1.09. The number of hydrogen-bond acceptors (Lipinski definition) is 2. The summed E-state index contributed by atoms with van der Waals surface area (Å²) in [4.78, 5) is 11.0. The van der Waals surface area contributed by atoms with Crippen LogP contribution in [0.3, 0.4) is 0 Å². The predicted molar refractivity (Wildman–Crippen MR) is 55.0 cm³/mol. The van der Waals surface area contributed by atoms with Crippen LogP contribution in [0.15, 0.2) is 30.3 Å². The smallest absolute Gasteiger partial charge is 0.286 e. The largest absolute Gasteiger partial charge is 0.416 e. The van der Waals surface area contributed by atoms with Crippen LogP contribution in [0.25, 0.3) is 6.08 Å². The van der Waals surface area contributed by atoms with Crippen LogP contribution < -0.4 is 0 Å². The van der Waals surface area contributed by atoms with Crippen LogP contribution in [0.4, 0.5) is 13.2 Å². The summed E-state index contributed by atoms with van der Waals surface area (Å²) in [7, 11) is 1.12. The van der Waals surface area contributed by atoms with E-state index in [1.165, 1.54) is 18.2 Å². The Balaban J connectivity index is 2.90. The Hall–Kier alpha value is -1.82. The number of likely N-dealkylation sites (N-methyl/N-ethyl adjacent to an activating group) is 1. The zero-order valence-electron chi connectivity index (χ0n) is 8.90. The molecular weight excluding hydrogens is 235 g/mol. The van der Waals surface area contributed by atoms with Crippen molar-refractivity contribution in [1.82, 2.24) is 5.06 Å². The molecule has 0 fully saturated rings. The summed E-state index contributed by atoms with van der Waals surface area (Å²) < 4.78 is 37.1. The average Bonchev–Trinajstić information content (AvgIpc) is 2.25. The van der Waals surface area contributed by atoms with Crippen LogP contribution in [0.5, 0.6) is 0 Å². The molecule has 0 saturated carbocycles. The molecule has 0 atom stereocenters. The molecular formula is C11H10F3NO2. The number of hydroxylamine groups is 2. The molecule has 1 N–H and O–H groups in total. The Morgan fingerprint density at radius 2 is 2.06 bits per heavy atom. The van der Waals surface area contributed by atoms with E-state index < -0.39 is 17.6 Å². The standard InChI is InChI=1S/C11H10F3NO2/c1-15(17)10(16)6-5-8-3-2-4-9(7-8)11(12,13)14/h2-7,17H,1H3. The second kappa shape index (κ2) is 5.01. The van der Waals surface area contributed by atoms with Gasteiger partial charge in [-0.15, -0.1) is 0 Å². The van der Waals surface area contributed by atoms with E-state index in [0.717, 1.165) is 25.3 Å². The van der Waals surface area contributed by atoms with Gasteiger partial charge in [0.05, 0.1) is 5.56 Å². The Kier molecular flexibility index (Phi) is 3.90. The molecule has 1 rings (SSSR count). The van der Waals surface area contributed by atoms with Crippen molar-refractivity contribution in [3.8, 4) is 0 Å². The van der Waals surface area contributed by atoms with Gasteiger partial charge in [0.25, 0.3) is 5.91 Å². The van der Waals surface area contributed by atoms with Gasteiger partial charge in [-0.2, -0.15) is 13.2 Å². The summed E-state index contributed by atoms with van der Waals surface area (Å²) in [6.45, 7) is 0. The van der Waals surface area contributed by atoms with Crippen molar-refractivity contribution in [1.29, 1.82) is 0 Å². The first-order chi connectivity index (χ1) is 7.80. The fraction of sp³-hybridized carbons (Fsp3) is 0.182. The summed E-state index contributed by atoms with van der Waals surface area (Å²) in [5.41, 5.74) is -0.556. The third-order valence-corrected chi connectivity index (χ3v) is 1.95. The molecule has 0 aliphatic carbocycles. The molecule has 1 aromatic rings. The van der Waals surface area contributed by atoms with Crippen molar-refractivity contribution in [2.45, 2.75) is 6.18 Å². The predicted octanol–water partition coefficient (Wildman–Crippen LogP) is 2.57. The fourth-order valence-electron chi connectivity index (χ4n) is 1.09. The van der Waals surface area contributed by atoms with Gasteiger partial charge < -0.3 is 0 Å². The van der Waals surface area contributed by atoms with E-state index in [0.29, 0.717) is 5.06 Å². The van der Waals surface area contributed by atoms with Crippen LogP contribution in [-0.2, 0) is 11.0 Å². The Labute approximate surface area is 95.7 Å². The zero-order chi connectivity index (χ0) is 13.1. The molecule has 6 heteroatoms. The number of carbonyl (C=O) groups is 1. The van der Waals surface area contributed by atoms with Gasteiger partial charge in [-0.25, -0.2) is 5.06 Å². The highest BCUT2D eigenvalue weighted by atomic mass is 19.4. The lowest BCUT2D eigenvalue weighted by molar-refractivity contribution is -0.153. The highest BCUT2D eigenvalue weighted by Crippen LogP contribution is 2.29. The van der Waals surface area contributed by atoms with Gasteiger partial charge in [0.15, 0.2) is 0 Å². The summed E-state index contributed by atoms with van der Waals surface area (Å²) >= 11 is 0. The van der Waals surface area contributed by atoms with E-state index in [4.69, 9.17) is 5.21 Å². The number of nitrogens with zero attached hydrogens (tertiary/aromatic N) is 1. The minimum atomic E-state index is -4.42. The van der Waals surface area contributed by atoms with Gasteiger partial charge in [0, 0.05) is 13.1 Å². The van der Waals surface area contributed by atoms with E-state index in [1.54, 1.807) is 0 Å². The summed E-state index contributed by atoms with van der Waals surface area (Å²) in [6, 6.07) is 4.53. The van der Waals surface area contributed by atoms with Crippen molar-refractivity contribution < 1.29 is 23.2 Å². The van der Waals surface area contributed by atoms with Crippen molar-refractivity contribution in [2.24, 2.45) is 0 Å². The van der Waals surface area contributed by atoms with Crippen molar-refractivity contribution in [3.63, 3.8) is 0 Å². The Morgan fingerprint density at radius 3 is 2.59 bits per heavy atom. The molecule has 0 saturated heterocycles. The van der Waals surface area contributed by atoms with Gasteiger partial charge in [0.1, 0.15) is 0 Å². The lowest BCUT2D eigenvalue weighted by Gasteiger charge is -2.07. The van der Waals surface area contributed by atoms with Gasteiger partial charge in [-0.05, 0) is 23.8 Å². The summed E-state index contributed by atoms with van der Waals surface area (Å²) in [5.74, 6) is -0.720. The molecule has 1 aromatic carbocycles. The second-order valence-electron chi connectivity index (χ2n) is 3.32. The molecule has 0 aromatic heterocycles. The Morgan fingerprint density at radius 1 is 1.41 bits per heavy atom. The maximum absolute atomic E-state index is 12.4. The average molecular weight is 245 g/mol. The number of amides is 1. The van der Waals surface area contributed by atoms with Crippen molar-refractivity contribution >= 4 is 12.0 Å². The quantitative estimate of drug-likeness (QED) is 0.494. The zero-order valence-corrected chi connectivity index (χ0v) is 8.90. The van der Waals surface area contributed by atoms with Crippen molar-refractivity contribution in [2.75, 3.05) is 7.05 Å². The molecule has 0 spiro atoms. The number of alkyl halides is 3. The number of halogens is 3. The van der Waals surface area contributed by atoms with Crippen LogP contribution in [0, 0.1) is 0 Å². The normalized spacial score (nSPS) is 11.8. The molecule has 0 unspecified atom stereocenters. The maximum Gasteiger partial charge on any atom is 0.416 e. The van der Waals surface area contributed by atoms with Gasteiger partial charge in [0.2, 0.25) is 0 Å². The number of carbonyl (C=O) groups excluding carboxylic acids is 1.